The fraction of sp³-hybridized carbons (Fsp3) is 0.192. The summed E-state index contributed by atoms with van der Waals surface area (Å²) in [6.45, 7) is 6.31. The van der Waals surface area contributed by atoms with Gasteiger partial charge in [0.25, 0.3) is 0 Å². The molecule has 0 bridgehead atoms. The van der Waals surface area contributed by atoms with E-state index in [4.69, 9.17) is 12.2 Å². The van der Waals surface area contributed by atoms with E-state index in [9.17, 15) is 0 Å². The molecule has 1 aromatic carbocycles. The van der Waals surface area contributed by atoms with Crippen LogP contribution >= 0.6 is 12.2 Å². The van der Waals surface area contributed by atoms with Crippen LogP contribution in [-0.2, 0) is 0 Å². The molecule has 6 heteroatoms. The van der Waals surface area contributed by atoms with Gasteiger partial charge in [-0.2, -0.15) is 0 Å². The third-order valence-corrected chi connectivity index (χ3v) is 6.41. The molecule has 0 amide bonds. The number of pyridine rings is 2. The van der Waals surface area contributed by atoms with E-state index >= 15 is 0 Å². The Kier molecular flexibility index (Phi) is 5.23. The summed E-state index contributed by atoms with van der Waals surface area (Å²) in [7, 11) is 0. The first-order valence-electron chi connectivity index (χ1n) is 10.7. The molecule has 2 unspecified atom stereocenters. The molecule has 0 saturated carbocycles. The lowest BCUT2D eigenvalue weighted by atomic mass is 10.00. The first-order valence-corrected chi connectivity index (χ1v) is 11.1. The van der Waals surface area contributed by atoms with E-state index in [1.54, 1.807) is 0 Å². The Balaban J connectivity index is 1.67. The van der Waals surface area contributed by atoms with Crippen LogP contribution in [0.4, 0.5) is 5.69 Å². The second kappa shape index (κ2) is 8.20. The lowest BCUT2D eigenvalue weighted by Gasteiger charge is -2.29. The van der Waals surface area contributed by atoms with Crippen molar-refractivity contribution < 1.29 is 0 Å². The number of hydrogen-bond acceptors (Lipinski definition) is 3. The molecular weight excluding hydrogens is 414 g/mol. The van der Waals surface area contributed by atoms with Crippen LogP contribution in [0.15, 0.2) is 79.3 Å². The van der Waals surface area contributed by atoms with Crippen molar-refractivity contribution >= 4 is 23.0 Å². The third-order valence-electron chi connectivity index (χ3n) is 6.09. The third kappa shape index (κ3) is 3.56. The highest BCUT2D eigenvalue weighted by Crippen LogP contribution is 2.42. The predicted molar refractivity (Wildman–Crippen MR) is 132 cm³/mol. The predicted octanol–water partition coefficient (Wildman–Crippen LogP) is 5.37. The summed E-state index contributed by atoms with van der Waals surface area (Å²) in [4.78, 5) is 11.5. The van der Waals surface area contributed by atoms with E-state index in [-0.39, 0.29) is 12.1 Å². The zero-order valence-electron chi connectivity index (χ0n) is 18.4. The average molecular weight is 440 g/mol. The molecule has 1 aliphatic rings. The quantitative estimate of drug-likeness (QED) is 0.433. The summed E-state index contributed by atoms with van der Waals surface area (Å²) >= 11 is 5.87. The van der Waals surface area contributed by atoms with Gasteiger partial charge in [-0.3, -0.25) is 4.98 Å². The number of aromatic nitrogens is 3. The summed E-state index contributed by atoms with van der Waals surface area (Å²) in [5.41, 5.74) is 6.75. The summed E-state index contributed by atoms with van der Waals surface area (Å²) in [6, 6.07) is 20.7. The minimum Gasteiger partial charge on any atom is -0.351 e. The molecule has 5 rings (SSSR count). The van der Waals surface area contributed by atoms with E-state index in [0.29, 0.717) is 5.11 Å². The zero-order valence-corrected chi connectivity index (χ0v) is 19.2. The Morgan fingerprint density at radius 3 is 2.50 bits per heavy atom. The molecule has 1 saturated heterocycles. The van der Waals surface area contributed by atoms with Crippen molar-refractivity contribution in [2.75, 3.05) is 4.90 Å². The van der Waals surface area contributed by atoms with Crippen LogP contribution < -0.4 is 10.2 Å². The first kappa shape index (κ1) is 20.4. The Hall–Kier alpha value is -3.51. The van der Waals surface area contributed by atoms with E-state index in [0.717, 1.165) is 28.5 Å². The molecule has 0 radical (unpaired) electrons. The molecule has 1 aliphatic heterocycles. The summed E-state index contributed by atoms with van der Waals surface area (Å²) in [5.74, 6) is 0.883. The topological polar surface area (TPSA) is 46.0 Å². The van der Waals surface area contributed by atoms with E-state index in [1.807, 2.05) is 31.5 Å². The maximum absolute atomic E-state index is 5.87. The highest BCUT2D eigenvalue weighted by atomic mass is 32.1. The van der Waals surface area contributed by atoms with Gasteiger partial charge in [-0.1, -0.05) is 18.2 Å². The minimum absolute atomic E-state index is 0.0855. The molecule has 1 fully saturated rings. The maximum atomic E-state index is 5.87. The van der Waals surface area contributed by atoms with Crippen molar-refractivity contribution in [1.29, 1.82) is 0 Å². The monoisotopic (exact) mass is 439 g/mol. The van der Waals surface area contributed by atoms with Crippen LogP contribution in [0.1, 0.15) is 40.2 Å². The maximum Gasteiger partial charge on any atom is 0.174 e. The van der Waals surface area contributed by atoms with Gasteiger partial charge in [0.1, 0.15) is 11.9 Å². The number of rotatable bonds is 4. The smallest absolute Gasteiger partial charge is 0.174 e. The molecule has 0 spiro atoms. The first-order chi connectivity index (χ1) is 15.5. The zero-order chi connectivity index (χ0) is 22.2. The van der Waals surface area contributed by atoms with Crippen molar-refractivity contribution in [3.8, 4) is 5.82 Å². The number of benzene rings is 1. The average Bonchev–Trinajstić information content (AvgIpc) is 3.41. The molecule has 160 valence electrons. The van der Waals surface area contributed by atoms with Gasteiger partial charge in [0.2, 0.25) is 0 Å². The summed E-state index contributed by atoms with van der Waals surface area (Å²) < 4.78 is 2.14. The van der Waals surface area contributed by atoms with Crippen LogP contribution in [0.3, 0.4) is 0 Å². The molecule has 5 nitrogen and oxygen atoms in total. The number of hydrogen-bond donors (Lipinski definition) is 1. The number of anilines is 1. The van der Waals surface area contributed by atoms with Crippen LogP contribution in [-0.4, -0.2) is 19.6 Å². The summed E-state index contributed by atoms with van der Waals surface area (Å²) in [5, 5.41) is 4.23. The number of thiocarbonyl (C=S) groups is 1. The van der Waals surface area contributed by atoms with Gasteiger partial charge in [-0.05, 0) is 92.1 Å². The van der Waals surface area contributed by atoms with E-state index < -0.39 is 0 Å². The van der Waals surface area contributed by atoms with Crippen molar-refractivity contribution in [1.82, 2.24) is 19.9 Å². The Morgan fingerprint density at radius 2 is 1.78 bits per heavy atom. The Labute approximate surface area is 193 Å². The highest BCUT2D eigenvalue weighted by Gasteiger charge is 2.42. The molecule has 32 heavy (non-hydrogen) atoms. The molecule has 1 N–H and O–H groups in total. The summed E-state index contributed by atoms with van der Waals surface area (Å²) in [6.07, 6.45) is 5.78. The Morgan fingerprint density at radius 1 is 0.906 bits per heavy atom. The SMILES string of the molecule is Cc1ccc(-n2cccc2C2C(c3ccccn3)NC(=S)N2c2ccc(C)c(C)c2)nc1. The molecule has 2 atom stereocenters. The van der Waals surface area contributed by atoms with Gasteiger partial charge < -0.3 is 14.8 Å². The van der Waals surface area contributed by atoms with Gasteiger partial charge in [-0.15, -0.1) is 0 Å². The highest BCUT2D eigenvalue weighted by molar-refractivity contribution is 7.80. The second-order valence-corrected chi connectivity index (χ2v) is 8.65. The number of nitrogens with zero attached hydrogens (tertiary/aromatic N) is 4. The standard InChI is InChI=1S/C26H25N5S/c1-17-9-12-23(28-16-17)30-14-6-8-22(30)25-24(21-7-4-5-13-27-21)29-26(32)31(25)20-11-10-18(2)19(3)15-20/h4-16,24-25H,1-3H3,(H,29,32). The van der Waals surface area contributed by atoms with Crippen molar-refractivity contribution in [3.63, 3.8) is 0 Å². The van der Waals surface area contributed by atoms with Gasteiger partial charge in [0.15, 0.2) is 5.11 Å². The largest absolute Gasteiger partial charge is 0.351 e. The number of aryl methyl sites for hydroxylation is 3. The van der Waals surface area contributed by atoms with Crippen LogP contribution in [0, 0.1) is 20.8 Å². The van der Waals surface area contributed by atoms with Crippen LogP contribution in [0.5, 0.6) is 0 Å². The van der Waals surface area contributed by atoms with E-state index in [2.05, 4.69) is 93.3 Å². The van der Waals surface area contributed by atoms with Crippen molar-refractivity contribution in [2.45, 2.75) is 32.9 Å². The fourth-order valence-electron chi connectivity index (χ4n) is 4.26. The van der Waals surface area contributed by atoms with Crippen LogP contribution in [0.2, 0.25) is 0 Å². The lowest BCUT2D eigenvalue weighted by molar-refractivity contribution is 0.548. The molecule has 3 aromatic heterocycles. The molecule has 4 aromatic rings. The van der Waals surface area contributed by atoms with Gasteiger partial charge in [0.05, 0.1) is 11.7 Å². The van der Waals surface area contributed by atoms with Gasteiger partial charge in [-0.25, -0.2) is 4.98 Å². The number of nitrogens with one attached hydrogen (secondary N) is 1. The molecular formula is C26H25N5S. The lowest BCUT2D eigenvalue weighted by Crippen LogP contribution is -2.30. The minimum atomic E-state index is -0.0931. The Bertz CT molecular complexity index is 1260. The van der Waals surface area contributed by atoms with Gasteiger partial charge in [0, 0.05) is 30.0 Å². The molecule has 0 aliphatic carbocycles. The van der Waals surface area contributed by atoms with Gasteiger partial charge >= 0.3 is 0 Å². The second-order valence-electron chi connectivity index (χ2n) is 8.26. The molecule has 4 heterocycles. The van der Waals surface area contributed by atoms with Crippen LogP contribution in [0.25, 0.3) is 5.82 Å². The normalized spacial score (nSPS) is 18.1. The van der Waals surface area contributed by atoms with Crippen molar-refractivity contribution in [3.05, 3.63) is 107 Å². The fourth-order valence-corrected chi connectivity index (χ4v) is 4.60. The van der Waals surface area contributed by atoms with Crippen molar-refractivity contribution in [2.24, 2.45) is 0 Å². The van der Waals surface area contributed by atoms with E-state index in [1.165, 1.54) is 11.1 Å².